The third-order valence-corrected chi connectivity index (χ3v) is 3.42. The average molecular weight is 281 g/mol. The number of carbonyl (C=O) groups excluding carboxylic acids is 2. The van der Waals surface area contributed by atoms with Crippen LogP contribution in [0.3, 0.4) is 0 Å². The van der Waals surface area contributed by atoms with Gasteiger partial charge in [0.25, 0.3) is 0 Å². The van der Waals surface area contributed by atoms with Crippen molar-refractivity contribution in [1.82, 2.24) is 0 Å². The molecule has 0 heterocycles. The lowest BCUT2D eigenvalue weighted by molar-refractivity contribution is -0.124. The van der Waals surface area contributed by atoms with Crippen LogP contribution < -0.4 is 0 Å². The Hall–Kier alpha value is -0.0800. The molecule has 0 aromatic rings. The van der Waals surface area contributed by atoms with Crippen molar-refractivity contribution in [3.8, 4) is 0 Å². The molecule has 0 amide bonds. The highest BCUT2D eigenvalue weighted by molar-refractivity contribution is 6.73. The van der Waals surface area contributed by atoms with Crippen molar-refractivity contribution < 1.29 is 9.59 Å². The molecule has 2 nitrogen and oxygen atoms in total. The highest BCUT2D eigenvalue weighted by Gasteiger charge is 2.22. The Bertz CT molecular complexity index is 215. The van der Waals surface area contributed by atoms with Gasteiger partial charge in [-0.25, -0.2) is 0 Å². The molecular weight excluding hydrogens is 259 g/mol. The first-order chi connectivity index (χ1) is 8.09. The van der Waals surface area contributed by atoms with E-state index in [0.29, 0.717) is 6.42 Å². The van der Waals surface area contributed by atoms with Gasteiger partial charge in [-0.1, -0.05) is 58.3 Å². The fourth-order valence-corrected chi connectivity index (χ4v) is 2.27. The Kier molecular flexibility index (Phi) is 11.0. The van der Waals surface area contributed by atoms with Gasteiger partial charge in [-0.2, -0.15) is 0 Å². The van der Waals surface area contributed by atoms with Crippen LogP contribution in [0.1, 0.15) is 64.7 Å². The highest BCUT2D eigenvalue weighted by atomic mass is 35.5. The van der Waals surface area contributed by atoms with Crippen LogP contribution in [0.2, 0.25) is 0 Å². The largest absolute Gasteiger partial charge is 0.280 e. The summed E-state index contributed by atoms with van der Waals surface area (Å²) in [4.78, 5) is 21.8. The summed E-state index contributed by atoms with van der Waals surface area (Å²) in [6.07, 6.45) is 9.91. The number of rotatable bonds is 11. The van der Waals surface area contributed by atoms with E-state index in [4.69, 9.17) is 23.2 Å². The SMILES string of the molecule is CCCCCCCCCCC(C(=O)Cl)C(=O)Cl. The normalized spacial score (nSPS) is 10.8. The molecule has 0 unspecified atom stereocenters. The maximum Gasteiger partial charge on any atom is 0.233 e. The molecule has 0 saturated heterocycles. The number of carbonyl (C=O) groups is 2. The second kappa shape index (κ2) is 11.0. The number of hydrogen-bond donors (Lipinski definition) is 0. The zero-order chi connectivity index (χ0) is 13.1. The fourth-order valence-electron chi connectivity index (χ4n) is 1.80. The van der Waals surface area contributed by atoms with Crippen molar-refractivity contribution in [2.24, 2.45) is 5.92 Å². The first-order valence-electron chi connectivity index (χ1n) is 6.48. The highest BCUT2D eigenvalue weighted by Crippen LogP contribution is 2.17. The molecule has 0 aliphatic carbocycles. The molecule has 0 aliphatic heterocycles. The van der Waals surface area contributed by atoms with Crippen LogP contribution >= 0.6 is 23.2 Å². The molecule has 0 bridgehead atoms. The van der Waals surface area contributed by atoms with Gasteiger partial charge in [0.2, 0.25) is 10.5 Å². The van der Waals surface area contributed by atoms with Crippen LogP contribution in [0.5, 0.6) is 0 Å². The number of unbranched alkanes of at least 4 members (excludes halogenated alkanes) is 7. The van der Waals surface area contributed by atoms with Crippen molar-refractivity contribution in [2.75, 3.05) is 0 Å². The van der Waals surface area contributed by atoms with Crippen LogP contribution in [-0.4, -0.2) is 10.5 Å². The maximum absolute atomic E-state index is 10.9. The second-order valence-corrected chi connectivity index (χ2v) is 5.17. The van der Waals surface area contributed by atoms with Crippen molar-refractivity contribution in [3.05, 3.63) is 0 Å². The molecule has 4 heteroatoms. The predicted octanol–water partition coefficient (Wildman–Crippen LogP) is 4.66. The third kappa shape index (κ3) is 9.61. The van der Waals surface area contributed by atoms with E-state index in [-0.39, 0.29) is 0 Å². The quantitative estimate of drug-likeness (QED) is 0.313. The summed E-state index contributed by atoms with van der Waals surface area (Å²) in [5.41, 5.74) is 0. The molecule has 0 aromatic heterocycles. The summed E-state index contributed by atoms with van der Waals surface area (Å²) in [5.74, 6) is -0.807. The molecule has 0 N–H and O–H groups in total. The average Bonchev–Trinajstić information content (AvgIpc) is 2.26. The van der Waals surface area contributed by atoms with Crippen LogP contribution in [-0.2, 0) is 9.59 Å². The standard InChI is InChI=1S/C13H22Cl2O2/c1-2-3-4-5-6-7-8-9-10-11(12(14)16)13(15)17/h11H,2-10H2,1H3. The van der Waals surface area contributed by atoms with Gasteiger partial charge >= 0.3 is 0 Å². The third-order valence-electron chi connectivity index (χ3n) is 2.89. The summed E-state index contributed by atoms with van der Waals surface area (Å²) in [6.45, 7) is 2.20. The van der Waals surface area contributed by atoms with Crippen molar-refractivity contribution in [3.63, 3.8) is 0 Å². The minimum absolute atomic E-state index is 0.486. The molecular formula is C13H22Cl2O2. The van der Waals surface area contributed by atoms with Crippen LogP contribution in [0.15, 0.2) is 0 Å². The minimum Gasteiger partial charge on any atom is -0.280 e. The van der Waals surface area contributed by atoms with Gasteiger partial charge in [-0.05, 0) is 29.6 Å². The Morgan fingerprint density at radius 3 is 1.65 bits per heavy atom. The van der Waals surface area contributed by atoms with E-state index < -0.39 is 16.4 Å². The topological polar surface area (TPSA) is 34.1 Å². The molecule has 0 atom stereocenters. The summed E-state index contributed by atoms with van der Waals surface area (Å²) in [5, 5.41) is -1.26. The smallest absolute Gasteiger partial charge is 0.233 e. The first kappa shape index (κ1) is 16.9. The van der Waals surface area contributed by atoms with Gasteiger partial charge in [0.05, 0.1) is 0 Å². The lowest BCUT2D eigenvalue weighted by Crippen LogP contribution is -2.15. The molecule has 0 fully saturated rings. The van der Waals surface area contributed by atoms with Crippen LogP contribution in [0, 0.1) is 5.92 Å². The molecule has 0 aliphatic rings. The molecule has 17 heavy (non-hydrogen) atoms. The lowest BCUT2D eigenvalue weighted by atomic mass is 10.0. The zero-order valence-electron chi connectivity index (χ0n) is 10.5. The second-order valence-electron chi connectivity index (χ2n) is 4.42. The number of halogens is 2. The summed E-state index contributed by atoms with van der Waals surface area (Å²) in [6, 6.07) is 0. The van der Waals surface area contributed by atoms with Gasteiger partial charge < -0.3 is 0 Å². The van der Waals surface area contributed by atoms with E-state index in [2.05, 4.69) is 6.92 Å². The molecule has 100 valence electrons. The monoisotopic (exact) mass is 280 g/mol. The summed E-state index contributed by atoms with van der Waals surface area (Å²) >= 11 is 10.6. The van der Waals surface area contributed by atoms with Crippen molar-refractivity contribution in [2.45, 2.75) is 64.7 Å². The zero-order valence-corrected chi connectivity index (χ0v) is 12.0. The van der Waals surface area contributed by atoms with Crippen molar-refractivity contribution in [1.29, 1.82) is 0 Å². The fraction of sp³-hybridized carbons (Fsp3) is 0.846. The van der Waals surface area contributed by atoms with E-state index in [9.17, 15) is 9.59 Å². The summed E-state index contributed by atoms with van der Waals surface area (Å²) < 4.78 is 0. The molecule has 0 radical (unpaired) electrons. The Labute approximate surface area is 114 Å². The lowest BCUT2D eigenvalue weighted by Gasteiger charge is -2.06. The minimum atomic E-state index is -0.807. The Morgan fingerprint density at radius 1 is 0.824 bits per heavy atom. The van der Waals surface area contributed by atoms with E-state index in [1.165, 1.54) is 32.1 Å². The number of hydrogen-bond acceptors (Lipinski definition) is 2. The Morgan fingerprint density at radius 2 is 1.24 bits per heavy atom. The summed E-state index contributed by atoms with van der Waals surface area (Å²) in [7, 11) is 0. The predicted molar refractivity (Wildman–Crippen MR) is 72.4 cm³/mol. The van der Waals surface area contributed by atoms with E-state index in [1.54, 1.807) is 0 Å². The van der Waals surface area contributed by atoms with Gasteiger partial charge in [0.1, 0.15) is 5.92 Å². The van der Waals surface area contributed by atoms with Gasteiger partial charge in [-0.15, -0.1) is 0 Å². The first-order valence-corrected chi connectivity index (χ1v) is 7.23. The van der Waals surface area contributed by atoms with Crippen LogP contribution in [0.25, 0.3) is 0 Å². The van der Waals surface area contributed by atoms with E-state index in [1.807, 2.05) is 0 Å². The maximum atomic E-state index is 10.9. The van der Waals surface area contributed by atoms with Gasteiger partial charge in [-0.3, -0.25) is 9.59 Å². The van der Waals surface area contributed by atoms with Crippen LogP contribution in [0.4, 0.5) is 0 Å². The van der Waals surface area contributed by atoms with E-state index >= 15 is 0 Å². The molecule has 0 saturated carbocycles. The van der Waals surface area contributed by atoms with Gasteiger partial charge in [0.15, 0.2) is 0 Å². The molecule has 0 rings (SSSR count). The van der Waals surface area contributed by atoms with E-state index in [0.717, 1.165) is 19.3 Å². The molecule has 0 spiro atoms. The Balaban J connectivity index is 3.43. The van der Waals surface area contributed by atoms with Crippen molar-refractivity contribution >= 4 is 33.7 Å². The van der Waals surface area contributed by atoms with Gasteiger partial charge in [0, 0.05) is 0 Å². The molecule has 0 aromatic carbocycles.